The summed E-state index contributed by atoms with van der Waals surface area (Å²) in [5.74, 6) is -0.980. The van der Waals surface area contributed by atoms with Crippen molar-refractivity contribution >= 4 is 12.0 Å². The van der Waals surface area contributed by atoms with Crippen LogP contribution < -0.4 is 10.6 Å². The van der Waals surface area contributed by atoms with E-state index < -0.39 is 5.97 Å². The minimum atomic E-state index is -0.728. The van der Waals surface area contributed by atoms with Crippen LogP contribution in [0.25, 0.3) is 0 Å². The number of amides is 2. The van der Waals surface area contributed by atoms with Gasteiger partial charge in [0.25, 0.3) is 0 Å². The third-order valence-electron chi connectivity index (χ3n) is 3.36. The second-order valence-corrected chi connectivity index (χ2v) is 5.07. The molecule has 1 fully saturated rings. The third kappa shape index (κ3) is 5.92. The lowest BCUT2D eigenvalue weighted by Gasteiger charge is -2.27. The molecular weight excluding hydrogens is 248 g/mol. The molecule has 0 heterocycles. The standard InChI is InChI=1S/C13H24N2O4/c1-3-19-8-9(2)14-13(18)15-11-6-4-10(5-7-11)12(16)17/h9-11H,3-8H2,1-2H3,(H,16,17)(H2,14,15,18)/t9-,10?,11?/m0/s1. The number of carbonyl (C=O) groups excluding carboxylic acids is 1. The van der Waals surface area contributed by atoms with E-state index in [1.54, 1.807) is 0 Å². The summed E-state index contributed by atoms with van der Waals surface area (Å²) in [5.41, 5.74) is 0. The van der Waals surface area contributed by atoms with Crippen molar-refractivity contribution in [2.24, 2.45) is 5.92 Å². The van der Waals surface area contributed by atoms with Crippen molar-refractivity contribution in [3.8, 4) is 0 Å². The first-order valence-corrected chi connectivity index (χ1v) is 6.90. The molecule has 3 N–H and O–H groups in total. The zero-order chi connectivity index (χ0) is 14.3. The SMILES string of the molecule is CCOC[C@H](C)NC(=O)NC1CCC(C(=O)O)CC1. The molecule has 6 heteroatoms. The highest BCUT2D eigenvalue weighted by Crippen LogP contribution is 2.24. The highest BCUT2D eigenvalue weighted by atomic mass is 16.5. The van der Waals surface area contributed by atoms with Gasteiger partial charge < -0.3 is 20.5 Å². The molecule has 1 saturated carbocycles. The Balaban J connectivity index is 2.21. The lowest BCUT2D eigenvalue weighted by molar-refractivity contribution is -0.142. The number of aliphatic carboxylic acids is 1. The molecule has 110 valence electrons. The molecule has 1 atom stereocenters. The van der Waals surface area contributed by atoms with Crippen LogP contribution >= 0.6 is 0 Å². The van der Waals surface area contributed by atoms with Gasteiger partial charge in [-0.3, -0.25) is 4.79 Å². The molecule has 0 radical (unpaired) electrons. The predicted octanol–water partition coefficient (Wildman–Crippen LogP) is 1.35. The Morgan fingerprint density at radius 2 is 1.95 bits per heavy atom. The highest BCUT2D eigenvalue weighted by molar-refractivity contribution is 5.74. The topological polar surface area (TPSA) is 87.7 Å². The Kier molecular flexibility index (Phi) is 6.62. The zero-order valence-electron chi connectivity index (χ0n) is 11.6. The summed E-state index contributed by atoms with van der Waals surface area (Å²) in [7, 11) is 0. The van der Waals surface area contributed by atoms with Crippen LogP contribution in [-0.4, -0.2) is 42.4 Å². The van der Waals surface area contributed by atoms with Crippen molar-refractivity contribution in [3.05, 3.63) is 0 Å². The van der Waals surface area contributed by atoms with E-state index in [2.05, 4.69) is 10.6 Å². The number of carbonyl (C=O) groups is 2. The van der Waals surface area contributed by atoms with Gasteiger partial charge in [0.2, 0.25) is 0 Å². The van der Waals surface area contributed by atoms with E-state index in [4.69, 9.17) is 9.84 Å². The van der Waals surface area contributed by atoms with Gasteiger partial charge in [0.15, 0.2) is 0 Å². The maximum atomic E-state index is 11.7. The second-order valence-electron chi connectivity index (χ2n) is 5.07. The Morgan fingerprint density at radius 1 is 1.32 bits per heavy atom. The fourth-order valence-corrected chi connectivity index (χ4v) is 2.27. The van der Waals surface area contributed by atoms with Gasteiger partial charge >= 0.3 is 12.0 Å². The monoisotopic (exact) mass is 272 g/mol. The van der Waals surface area contributed by atoms with Crippen molar-refractivity contribution in [1.29, 1.82) is 0 Å². The van der Waals surface area contributed by atoms with Gasteiger partial charge in [-0.15, -0.1) is 0 Å². The maximum Gasteiger partial charge on any atom is 0.315 e. The lowest BCUT2D eigenvalue weighted by Crippen LogP contribution is -2.47. The normalized spacial score (nSPS) is 24.5. The zero-order valence-corrected chi connectivity index (χ0v) is 11.6. The van der Waals surface area contributed by atoms with Crippen LogP contribution in [0.15, 0.2) is 0 Å². The van der Waals surface area contributed by atoms with E-state index in [9.17, 15) is 9.59 Å². The van der Waals surface area contributed by atoms with Crippen molar-refractivity contribution in [1.82, 2.24) is 10.6 Å². The smallest absolute Gasteiger partial charge is 0.315 e. The van der Waals surface area contributed by atoms with E-state index >= 15 is 0 Å². The van der Waals surface area contributed by atoms with Gasteiger partial charge in [0.05, 0.1) is 18.6 Å². The summed E-state index contributed by atoms with van der Waals surface area (Å²) in [6.07, 6.45) is 2.72. The average Bonchev–Trinajstić information content (AvgIpc) is 2.36. The molecule has 0 spiro atoms. The first-order valence-electron chi connectivity index (χ1n) is 6.90. The van der Waals surface area contributed by atoms with Crippen LogP contribution in [0.3, 0.4) is 0 Å². The van der Waals surface area contributed by atoms with Crippen molar-refractivity contribution in [3.63, 3.8) is 0 Å². The van der Waals surface area contributed by atoms with E-state index in [1.807, 2.05) is 13.8 Å². The molecule has 19 heavy (non-hydrogen) atoms. The molecule has 0 bridgehead atoms. The van der Waals surface area contributed by atoms with Gasteiger partial charge in [0.1, 0.15) is 0 Å². The van der Waals surface area contributed by atoms with Crippen molar-refractivity contribution in [2.45, 2.75) is 51.6 Å². The number of carboxylic acid groups (broad SMARTS) is 1. The molecule has 1 rings (SSSR count). The highest BCUT2D eigenvalue weighted by Gasteiger charge is 2.26. The summed E-state index contributed by atoms with van der Waals surface area (Å²) in [5, 5.41) is 14.6. The minimum absolute atomic E-state index is 0.0321. The Hall–Kier alpha value is -1.30. The van der Waals surface area contributed by atoms with Gasteiger partial charge in [-0.2, -0.15) is 0 Å². The second kappa shape index (κ2) is 7.99. The molecule has 0 saturated heterocycles. The van der Waals surface area contributed by atoms with E-state index in [-0.39, 0.29) is 24.0 Å². The molecule has 2 amide bonds. The fourth-order valence-electron chi connectivity index (χ4n) is 2.27. The summed E-state index contributed by atoms with van der Waals surface area (Å²) >= 11 is 0. The molecule has 1 aliphatic rings. The molecule has 0 aliphatic heterocycles. The molecule has 0 aromatic heterocycles. The minimum Gasteiger partial charge on any atom is -0.481 e. The molecular formula is C13H24N2O4. The van der Waals surface area contributed by atoms with E-state index in [0.29, 0.717) is 26.1 Å². The van der Waals surface area contributed by atoms with E-state index in [1.165, 1.54) is 0 Å². The maximum absolute atomic E-state index is 11.7. The number of hydrogen-bond acceptors (Lipinski definition) is 3. The summed E-state index contributed by atoms with van der Waals surface area (Å²) in [6.45, 7) is 4.92. The van der Waals surface area contributed by atoms with Crippen LogP contribution in [-0.2, 0) is 9.53 Å². The Morgan fingerprint density at radius 3 is 2.47 bits per heavy atom. The van der Waals surface area contributed by atoms with Crippen LogP contribution in [0.2, 0.25) is 0 Å². The first kappa shape index (κ1) is 15.8. The van der Waals surface area contributed by atoms with Crippen LogP contribution in [0.4, 0.5) is 4.79 Å². The lowest BCUT2D eigenvalue weighted by atomic mass is 9.86. The average molecular weight is 272 g/mol. The third-order valence-corrected chi connectivity index (χ3v) is 3.36. The molecule has 6 nitrogen and oxygen atoms in total. The number of ether oxygens (including phenoxy) is 1. The van der Waals surface area contributed by atoms with Gasteiger partial charge in [-0.1, -0.05) is 0 Å². The molecule has 0 aromatic rings. The van der Waals surface area contributed by atoms with Crippen molar-refractivity contribution < 1.29 is 19.4 Å². The van der Waals surface area contributed by atoms with E-state index in [0.717, 1.165) is 12.8 Å². The van der Waals surface area contributed by atoms with Gasteiger partial charge in [0, 0.05) is 12.6 Å². The van der Waals surface area contributed by atoms with Gasteiger partial charge in [-0.25, -0.2) is 4.79 Å². The number of rotatable bonds is 6. The number of nitrogens with one attached hydrogen (secondary N) is 2. The van der Waals surface area contributed by atoms with Crippen LogP contribution in [0.1, 0.15) is 39.5 Å². The van der Waals surface area contributed by atoms with Crippen LogP contribution in [0, 0.1) is 5.92 Å². The fraction of sp³-hybridized carbons (Fsp3) is 0.846. The summed E-state index contributed by atoms with van der Waals surface area (Å²) < 4.78 is 5.22. The summed E-state index contributed by atoms with van der Waals surface area (Å²) in [6, 6.07) is -0.156. The summed E-state index contributed by atoms with van der Waals surface area (Å²) in [4.78, 5) is 22.5. The van der Waals surface area contributed by atoms with Crippen LogP contribution in [0.5, 0.6) is 0 Å². The Bertz CT molecular complexity index is 301. The quantitative estimate of drug-likeness (QED) is 0.681. The van der Waals surface area contributed by atoms with Gasteiger partial charge in [-0.05, 0) is 39.5 Å². The number of urea groups is 1. The van der Waals surface area contributed by atoms with Crippen molar-refractivity contribution in [2.75, 3.05) is 13.2 Å². The number of carboxylic acids is 1. The largest absolute Gasteiger partial charge is 0.481 e. The molecule has 0 aromatic carbocycles. The number of hydrogen-bond donors (Lipinski definition) is 3. The first-order chi connectivity index (χ1) is 9.02. The molecule has 1 aliphatic carbocycles. The predicted molar refractivity (Wildman–Crippen MR) is 71.0 cm³/mol. The molecule has 0 unspecified atom stereocenters. The Labute approximate surface area is 113 Å².